The minimum atomic E-state index is -1.78. The van der Waals surface area contributed by atoms with Gasteiger partial charge in [0.1, 0.15) is 11.6 Å². The van der Waals surface area contributed by atoms with Gasteiger partial charge in [-0.2, -0.15) is 0 Å². The Morgan fingerprint density at radius 1 is 1.33 bits per heavy atom. The van der Waals surface area contributed by atoms with E-state index in [0.29, 0.717) is 20.8 Å². The minimum Gasteiger partial charge on any atom is -0.478 e. The van der Waals surface area contributed by atoms with E-state index < -0.39 is 17.4 Å². The quantitative estimate of drug-likeness (QED) is 0.862. The Morgan fingerprint density at radius 2 is 2.05 bits per heavy atom. The van der Waals surface area contributed by atoms with Crippen molar-refractivity contribution >= 4 is 33.5 Å². The maximum absolute atomic E-state index is 14.1. The van der Waals surface area contributed by atoms with Crippen molar-refractivity contribution in [3.8, 4) is 5.75 Å². The molecule has 0 amide bonds. The zero-order valence-corrected chi connectivity index (χ0v) is 12.9. The van der Waals surface area contributed by atoms with Gasteiger partial charge in [-0.05, 0) is 34.1 Å². The van der Waals surface area contributed by atoms with Crippen LogP contribution < -0.4 is 4.74 Å². The van der Waals surface area contributed by atoms with E-state index in [0.717, 1.165) is 0 Å². The molecule has 0 fully saturated rings. The number of halogens is 3. The van der Waals surface area contributed by atoms with E-state index in [1.54, 1.807) is 18.2 Å². The molecule has 1 aliphatic heterocycles. The van der Waals surface area contributed by atoms with Crippen LogP contribution in [-0.4, -0.2) is 11.1 Å². The zero-order chi connectivity index (χ0) is 15.2. The first kappa shape index (κ1) is 14.4. The Labute approximate surface area is 133 Å². The highest BCUT2D eigenvalue weighted by atomic mass is 79.9. The third-order valence-corrected chi connectivity index (χ3v) is 4.97. The smallest absolute Gasteiger partial charge is 0.353 e. The van der Waals surface area contributed by atoms with Crippen LogP contribution in [0.15, 0.2) is 40.9 Å². The summed E-state index contributed by atoms with van der Waals surface area (Å²) < 4.78 is 20.3. The van der Waals surface area contributed by atoms with Crippen molar-refractivity contribution in [3.63, 3.8) is 0 Å². The van der Waals surface area contributed by atoms with E-state index >= 15 is 0 Å². The molecular formula is C15H9BrClFO3. The molecule has 1 N–H and O–H groups in total. The van der Waals surface area contributed by atoms with E-state index in [2.05, 4.69) is 15.9 Å². The van der Waals surface area contributed by atoms with E-state index in [4.69, 9.17) is 16.3 Å². The summed E-state index contributed by atoms with van der Waals surface area (Å²) in [6, 6.07) is 8.91. The molecule has 0 saturated heterocycles. The fourth-order valence-corrected chi connectivity index (χ4v) is 3.13. The summed E-state index contributed by atoms with van der Waals surface area (Å²) in [5.74, 6) is -1.47. The van der Waals surface area contributed by atoms with Crippen molar-refractivity contribution in [2.75, 3.05) is 0 Å². The third-order valence-electron chi connectivity index (χ3n) is 3.52. The average molecular weight is 372 g/mol. The molecule has 1 unspecified atom stereocenters. The molecular weight excluding hydrogens is 363 g/mol. The molecule has 0 saturated carbocycles. The number of carboxylic acids is 1. The molecule has 0 spiro atoms. The van der Waals surface area contributed by atoms with Gasteiger partial charge < -0.3 is 9.84 Å². The van der Waals surface area contributed by atoms with Gasteiger partial charge in [-0.3, -0.25) is 0 Å². The van der Waals surface area contributed by atoms with Gasteiger partial charge in [-0.1, -0.05) is 29.8 Å². The van der Waals surface area contributed by atoms with Crippen LogP contribution in [0.4, 0.5) is 4.39 Å². The molecule has 1 atom stereocenters. The van der Waals surface area contributed by atoms with Crippen molar-refractivity contribution in [1.29, 1.82) is 0 Å². The van der Waals surface area contributed by atoms with Crippen molar-refractivity contribution < 1.29 is 19.0 Å². The van der Waals surface area contributed by atoms with E-state index in [1.165, 1.54) is 18.2 Å². The van der Waals surface area contributed by atoms with Crippen LogP contribution >= 0.6 is 27.5 Å². The highest BCUT2D eigenvalue weighted by Crippen LogP contribution is 2.47. The highest BCUT2D eigenvalue weighted by molar-refractivity contribution is 9.10. The molecule has 0 bridgehead atoms. The number of fused-ring (bicyclic) bond motifs is 1. The predicted octanol–water partition coefficient (Wildman–Crippen LogP) is 4.16. The maximum Gasteiger partial charge on any atom is 0.353 e. The molecule has 108 valence electrons. The van der Waals surface area contributed by atoms with Gasteiger partial charge in [0.2, 0.25) is 5.60 Å². The Hall–Kier alpha value is -1.59. The van der Waals surface area contributed by atoms with Gasteiger partial charge in [0, 0.05) is 22.0 Å². The van der Waals surface area contributed by atoms with Gasteiger partial charge >= 0.3 is 5.97 Å². The summed E-state index contributed by atoms with van der Waals surface area (Å²) in [7, 11) is 0. The first-order chi connectivity index (χ1) is 9.95. The standard InChI is InChI=1S/C15H9BrClFO3/c16-13-8-7-15(14(19)20,9-3-1-2-4-11(9)18)21-12(8)6-5-10(13)17/h1-6H,7H2,(H,19,20). The van der Waals surface area contributed by atoms with Crippen molar-refractivity contribution in [3.05, 3.63) is 62.8 Å². The van der Waals surface area contributed by atoms with Gasteiger partial charge in [-0.15, -0.1) is 0 Å². The van der Waals surface area contributed by atoms with E-state index in [1.807, 2.05) is 0 Å². The predicted molar refractivity (Wildman–Crippen MR) is 79.2 cm³/mol. The van der Waals surface area contributed by atoms with Crippen molar-refractivity contribution in [2.45, 2.75) is 12.0 Å². The number of rotatable bonds is 2. The lowest BCUT2D eigenvalue weighted by Gasteiger charge is -2.24. The lowest BCUT2D eigenvalue weighted by Crippen LogP contribution is -2.41. The fourth-order valence-electron chi connectivity index (χ4n) is 2.48. The van der Waals surface area contributed by atoms with Crippen molar-refractivity contribution in [2.24, 2.45) is 0 Å². The molecule has 6 heteroatoms. The molecule has 0 aliphatic carbocycles. The molecule has 3 rings (SSSR count). The van der Waals surface area contributed by atoms with Gasteiger partial charge in [0.25, 0.3) is 0 Å². The summed E-state index contributed by atoms with van der Waals surface area (Å²) in [6.07, 6.45) is -0.000255. The fraction of sp³-hybridized carbons (Fsp3) is 0.133. The molecule has 21 heavy (non-hydrogen) atoms. The number of carboxylic acid groups (broad SMARTS) is 1. The van der Waals surface area contributed by atoms with Crippen LogP contribution in [0.2, 0.25) is 5.02 Å². The second-order valence-corrected chi connectivity index (χ2v) is 5.93. The summed E-state index contributed by atoms with van der Waals surface area (Å²) >= 11 is 9.34. The van der Waals surface area contributed by atoms with Gasteiger partial charge in [0.05, 0.1) is 5.02 Å². The average Bonchev–Trinajstić information content (AvgIpc) is 2.85. The number of carbonyl (C=O) groups is 1. The van der Waals surface area contributed by atoms with Crippen LogP contribution in [0.1, 0.15) is 11.1 Å². The largest absolute Gasteiger partial charge is 0.478 e. The van der Waals surface area contributed by atoms with Gasteiger partial charge in [0.15, 0.2) is 0 Å². The Balaban J connectivity index is 2.18. The molecule has 1 aliphatic rings. The number of benzene rings is 2. The first-order valence-corrected chi connectivity index (χ1v) is 7.27. The summed E-state index contributed by atoms with van der Waals surface area (Å²) in [4.78, 5) is 11.8. The second-order valence-electron chi connectivity index (χ2n) is 4.73. The number of aliphatic carboxylic acids is 1. The third kappa shape index (κ3) is 2.12. The van der Waals surface area contributed by atoms with Gasteiger partial charge in [-0.25, -0.2) is 9.18 Å². The minimum absolute atomic E-state index is 0.000255. The van der Waals surface area contributed by atoms with Crippen molar-refractivity contribution in [1.82, 2.24) is 0 Å². The topological polar surface area (TPSA) is 46.5 Å². The second kappa shape index (κ2) is 5.00. The van der Waals surface area contributed by atoms with Crippen LogP contribution in [0.3, 0.4) is 0 Å². The lowest BCUT2D eigenvalue weighted by molar-refractivity contribution is -0.154. The molecule has 1 heterocycles. The molecule has 0 aromatic heterocycles. The SMILES string of the molecule is O=C(O)C1(c2ccccc2F)Cc2c(ccc(Cl)c2Br)O1. The first-order valence-electron chi connectivity index (χ1n) is 6.10. The van der Waals surface area contributed by atoms with E-state index in [9.17, 15) is 14.3 Å². The molecule has 2 aromatic rings. The van der Waals surface area contributed by atoms with Crippen LogP contribution in [0, 0.1) is 5.82 Å². The maximum atomic E-state index is 14.1. The monoisotopic (exact) mass is 370 g/mol. The molecule has 3 nitrogen and oxygen atoms in total. The summed E-state index contributed by atoms with van der Waals surface area (Å²) in [5, 5.41) is 10.1. The number of ether oxygens (including phenoxy) is 1. The Kier molecular flexibility index (Phi) is 3.42. The van der Waals surface area contributed by atoms with Crippen LogP contribution in [0.5, 0.6) is 5.75 Å². The Bertz CT molecular complexity index is 750. The number of hydrogen-bond acceptors (Lipinski definition) is 2. The molecule has 2 aromatic carbocycles. The summed E-state index contributed by atoms with van der Waals surface area (Å²) in [5.41, 5.74) is -1.16. The summed E-state index contributed by atoms with van der Waals surface area (Å²) in [6.45, 7) is 0. The molecule has 0 radical (unpaired) electrons. The lowest BCUT2D eigenvalue weighted by atomic mass is 9.89. The zero-order valence-electron chi connectivity index (χ0n) is 10.6. The van der Waals surface area contributed by atoms with Crippen LogP contribution in [0.25, 0.3) is 0 Å². The van der Waals surface area contributed by atoms with E-state index in [-0.39, 0.29) is 12.0 Å². The highest BCUT2D eigenvalue weighted by Gasteiger charge is 2.50. The normalized spacial score (nSPS) is 20.0. The van der Waals surface area contributed by atoms with Crippen LogP contribution in [-0.2, 0) is 16.8 Å². The Morgan fingerprint density at radius 3 is 2.71 bits per heavy atom. The number of hydrogen-bond donors (Lipinski definition) is 1.